The van der Waals surface area contributed by atoms with Gasteiger partial charge < -0.3 is 9.64 Å². The molecule has 5 nitrogen and oxygen atoms in total. The minimum absolute atomic E-state index is 0.0431. The maximum absolute atomic E-state index is 11.2. The predicted molar refractivity (Wildman–Crippen MR) is 106 cm³/mol. The summed E-state index contributed by atoms with van der Waals surface area (Å²) in [5, 5.41) is 11.2. The number of nitro groups is 1. The van der Waals surface area contributed by atoms with Gasteiger partial charge in [-0.05, 0) is 60.0 Å². The van der Waals surface area contributed by atoms with E-state index in [0.29, 0.717) is 15.8 Å². The molecule has 0 aliphatic carbocycles. The number of halogens is 1. The Balaban J connectivity index is 1.94. The average Bonchev–Trinajstić information content (AvgIpc) is 2.76. The molecule has 1 atom stereocenters. The lowest BCUT2D eigenvalue weighted by molar-refractivity contribution is -0.385. The van der Waals surface area contributed by atoms with E-state index < -0.39 is 5.72 Å². The molecule has 2 aromatic carbocycles. The van der Waals surface area contributed by atoms with Gasteiger partial charge in [0.05, 0.1) is 14.8 Å². The first-order valence-corrected chi connectivity index (χ1v) is 9.18. The molecule has 1 unspecified atom stereocenters. The number of anilines is 1. The Bertz CT molecular complexity index is 983. The van der Waals surface area contributed by atoms with Crippen LogP contribution in [0.2, 0.25) is 0 Å². The van der Waals surface area contributed by atoms with E-state index in [2.05, 4.69) is 46.8 Å². The molecule has 2 aromatic rings. The largest absolute Gasteiger partial charge is 0.461 e. The first kappa shape index (κ1) is 17.1. The molecular weight excluding hydrogens is 396 g/mol. The lowest BCUT2D eigenvalue weighted by Crippen LogP contribution is -2.60. The molecule has 6 heteroatoms. The highest BCUT2D eigenvalue weighted by molar-refractivity contribution is 9.10. The summed E-state index contributed by atoms with van der Waals surface area (Å²) >= 11 is 3.47. The zero-order valence-corrected chi connectivity index (χ0v) is 16.6. The highest BCUT2D eigenvalue weighted by Gasteiger charge is 2.60. The van der Waals surface area contributed by atoms with Crippen LogP contribution in [0.5, 0.6) is 5.75 Å². The lowest BCUT2D eigenvalue weighted by Gasteiger charge is -2.49. The van der Waals surface area contributed by atoms with Crippen LogP contribution in [0, 0.1) is 10.1 Å². The van der Waals surface area contributed by atoms with Crippen molar-refractivity contribution in [2.75, 3.05) is 11.9 Å². The van der Waals surface area contributed by atoms with E-state index in [-0.39, 0.29) is 16.0 Å². The minimum Gasteiger partial charge on any atom is -0.461 e. The quantitative estimate of drug-likeness (QED) is 0.470. The Morgan fingerprint density at radius 1 is 1.23 bits per heavy atom. The van der Waals surface area contributed by atoms with Gasteiger partial charge in [-0.1, -0.05) is 18.2 Å². The summed E-state index contributed by atoms with van der Waals surface area (Å²) in [7, 11) is 2.04. The molecule has 0 amide bonds. The van der Waals surface area contributed by atoms with Crippen LogP contribution in [0.1, 0.15) is 31.9 Å². The van der Waals surface area contributed by atoms with E-state index in [1.54, 1.807) is 6.07 Å². The second-order valence-corrected chi connectivity index (χ2v) is 8.23. The molecule has 2 aliphatic rings. The first-order chi connectivity index (χ1) is 12.2. The number of ether oxygens (including phenoxy) is 1. The van der Waals surface area contributed by atoms with Gasteiger partial charge >= 0.3 is 0 Å². The van der Waals surface area contributed by atoms with Gasteiger partial charge in [0.15, 0.2) is 0 Å². The first-order valence-electron chi connectivity index (χ1n) is 8.39. The van der Waals surface area contributed by atoms with Crippen molar-refractivity contribution in [3.63, 3.8) is 0 Å². The van der Waals surface area contributed by atoms with Crippen molar-refractivity contribution in [2.45, 2.75) is 31.9 Å². The number of benzene rings is 2. The van der Waals surface area contributed by atoms with Gasteiger partial charge in [-0.2, -0.15) is 0 Å². The highest BCUT2D eigenvalue weighted by Crippen LogP contribution is 2.57. The number of nitrogens with zero attached hydrogens (tertiary/aromatic N) is 2. The van der Waals surface area contributed by atoms with Crippen LogP contribution >= 0.6 is 15.9 Å². The summed E-state index contributed by atoms with van der Waals surface area (Å²) in [4.78, 5) is 13.0. The van der Waals surface area contributed by atoms with Gasteiger partial charge in [0.1, 0.15) is 5.75 Å². The monoisotopic (exact) mass is 414 g/mol. The van der Waals surface area contributed by atoms with E-state index in [1.807, 2.05) is 32.2 Å². The number of likely N-dealkylation sites (N-methyl/N-ethyl adjacent to an activating group) is 1. The molecule has 0 saturated carbocycles. The van der Waals surface area contributed by atoms with Crippen molar-refractivity contribution in [3.8, 4) is 5.75 Å². The third-order valence-electron chi connectivity index (χ3n) is 5.68. The number of hydrogen-bond acceptors (Lipinski definition) is 4. The number of hydrogen-bond donors (Lipinski definition) is 0. The third kappa shape index (κ3) is 1.96. The number of non-ortho nitro benzene ring substituents is 1. The van der Waals surface area contributed by atoms with Gasteiger partial charge in [-0.25, -0.2) is 0 Å². The second kappa shape index (κ2) is 5.33. The molecule has 0 bridgehead atoms. The van der Waals surface area contributed by atoms with Crippen molar-refractivity contribution in [1.82, 2.24) is 0 Å². The Morgan fingerprint density at radius 2 is 1.92 bits per heavy atom. The molecule has 0 N–H and O–H groups in total. The maximum atomic E-state index is 11.2. The van der Waals surface area contributed by atoms with Crippen molar-refractivity contribution in [2.24, 2.45) is 0 Å². The van der Waals surface area contributed by atoms with Crippen LogP contribution in [0.15, 0.2) is 46.4 Å². The normalized spacial score (nSPS) is 22.5. The molecule has 1 spiro atoms. The molecular formula is C20H19BrN2O3. The second-order valence-electron chi connectivity index (χ2n) is 7.38. The summed E-state index contributed by atoms with van der Waals surface area (Å²) in [5.74, 6) is 0.633. The Labute approximate surface area is 160 Å². The Kier molecular flexibility index (Phi) is 3.50. The van der Waals surface area contributed by atoms with Crippen LogP contribution in [-0.4, -0.2) is 17.7 Å². The fourth-order valence-corrected chi connectivity index (χ4v) is 5.04. The zero-order valence-electron chi connectivity index (χ0n) is 15.0. The predicted octanol–water partition coefficient (Wildman–Crippen LogP) is 5.28. The Morgan fingerprint density at radius 3 is 2.58 bits per heavy atom. The van der Waals surface area contributed by atoms with Crippen LogP contribution < -0.4 is 9.64 Å². The summed E-state index contributed by atoms with van der Waals surface area (Å²) in [6.45, 7) is 6.38. The van der Waals surface area contributed by atoms with E-state index in [9.17, 15) is 10.1 Å². The van der Waals surface area contributed by atoms with E-state index in [0.717, 1.165) is 11.3 Å². The minimum atomic E-state index is -0.692. The number of para-hydroxylation sites is 1. The molecule has 4 rings (SSSR count). The summed E-state index contributed by atoms with van der Waals surface area (Å²) in [6.07, 6.45) is 2.00. The van der Waals surface area contributed by atoms with E-state index >= 15 is 0 Å². The van der Waals surface area contributed by atoms with E-state index in [1.165, 1.54) is 11.6 Å². The van der Waals surface area contributed by atoms with Crippen molar-refractivity contribution in [1.29, 1.82) is 0 Å². The summed E-state index contributed by atoms with van der Waals surface area (Å²) in [6, 6.07) is 11.4. The Hall–Kier alpha value is -2.34. The van der Waals surface area contributed by atoms with Crippen LogP contribution in [0.3, 0.4) is 0 Å². The topological polar surface area (TPSA) is 55.6 Å². The van der Waals surface area contributed by atoms with Crippen LogP contribution in [0.25, 0.3) is 6.08 Å². The molecule has 0 saturated heterocycles. The average molecular weight is 415 g/mol. The molecule has 134 valence electrons. The maximum Gasteiger partial charge on any atom is 0.271 e. The third-order valence-corrected chi connectivity index (χ3v) is 6.27. The zero-order chi connectivity index (χ0) is 18.9. The van der Waals surface area contributed by atoms with Gasteiger partial charge in [0.2, 0.25) is 5.72 Å². The number of fused-ring (bicyclic) bond motifs is 2. The SMILES string of the molecule is CC1=Cc2cc([N+](=O)[O-])cc(Br)c2OC12N(C)c1ccccc1C2(C)C. The van der Waals surface area contributed by atoms with Crippen molar-refractivity contribution < 1.29 is 9.66 Å². The van der Waals surface area contributed by atoms with Gasteiger partial charge in [-0.15, -0.1) is 0 Å². The molecule has 0 aromatic heterocycles. The molecule has 2 heterocycles. The molecule has 0 fully saturated rings. The fourth-order valence-electron chi connectivity index (χ4n) is 4.50. The number of rotatable bonds is 1. The van der Waals surface area contributed by atoms with E-state index in [4.69, 9.17) is 4.74 Å². The summed E-state index contributed by atoms with van der Waals surface area (Å²) < 4.78 is 7.24. The van der Waals surface area contributed by atoms with Gasteiger partial charge in [0.25, 0.3) is 5.69 Å². The van der Waals surface area contributed by atoms with Crippen molar-refractivity contribution in [3.05, 3.63) is 67.7 Å². The van der Waals surface area contributed by atoms with Gasteiger partial charge in [0, 0.05) is 30.4 Å². The highest BCUT2D eigenvalue weighted by atomic mass is 79.9. The van der Waals surface area contributed by atoms with Crippen molar-refractivity contribution >= 4 is 33.4 Å². The molecule has 2 aliphatic heterocycles. The standard InChI is InChI=1S/C20H19BrN2O3/c1-12-9-13-10-14(23(24)25)11-16(21)18(13)26-20(12)19(2,3)15-7-5-6-8-17(15)22(20)4/h5-11H,1-4H3. The smallest absolute Gasteiger partial charge is 0.271 e. The summed E-state index contributed by atoms with van der Waals surface area (Å²) in [5.41, 5.74) is 3.13. The molecule has 26 heavy (non-hydrogen) atoms. The number of nitro benzene ring substituents is 1. The van der Waals surface area contributed by atoms with Crippen LogP contribution in [-0.2, 0) is 5.41 Å². The molecule has 0 radical (unpaired) electrons. The van der Waals surface area contributed by atoms with Crippen LogP contribution in [0.4, 0.5) is 11.4 Å². The van der Waals surface area contributed by atoms with Gasteiger partial charge in [-0.3, -0.25) is 10.1 Å². The lowest BCUT2D eigenvalue weighted by atomic mass is 9.73. The fraction of sp³-hybridized carbons (Fsp3) is 0.300.